The summed E-state index contributed by atoms with van der Waals surface area (Å²) in [6.45, 7) is 0. The monoisotopic (exact) mass is 337 g/mol. The molecule has 0 radical (unpaired) electrons. The zero-order valence-electron chi connectivity index (χ0n) is 12.2. The van der Waals surface area contributed by atoms with Gasteiger partial charge in [-0.1, -0.05) is 0 Å². The highest BCUT2D eigenvalue weighted by Crippen LogP contribution is 2.35. The van der Waals surface area contributed by atoms with Crippen molar-refractivity contribution in [3.05, 3.63) is 48.0 Å². The summed E-state index contributed by atoms with van der Waals surface area (Å²) in [5, 5.41) is 6.22. The molecule has 7 nitrogen and oxygen atoms in total. The highest BCUT2D eigenvalue weighted by molar-refractivity contribution is 6.02. The third kappa shape index (κ3) is 2.98. The molecule has 0 bridgehead atoms. The number of nitrogens with one attached hydrogen (secondary N) is 1. The number of rotatable bonds is 3. The van der Waals surface area contributed by atoms with E-state index >= 15 is 0 Å². The standard InChI is InChI=1S/C14H10F3N5O2/c1-24-10-4-3-8(14(15,16)17)7-9(10)19-12(23)11-20-13-18-5-2-6-22(13)21-11/h2-7H,1H3,(H,19,23). The number of anilines is 1. The molecule has 0 aliphatic carbocycles. The number of carbonyl (C=O) groups excluding carboxylic acids is 1. The molecule has 2 aromatic heterocycles. The van der Waals surface area contributed by atoms with Crippen LogP contribution in [0.1, 0.15) is 16.2 Å². The van der Waals surface area contributed by atoms with Crippen LogP contribution in [0.5, 0.6) is 5.75 Å². The summed E-state index contributed by atoms with van der Waals surface area (Å²) < 4.78 is 44.7. The Morgan fingerprint density at radius 1 is 1.33 bits per heavy atom. The summed E-state index contributed by atoms with van der Waals surface area (Å²) in [4.78, 5) is 20.0. The average Bonchev–Trinajstić information content (AvgIpc) is 2.98. The number of benzene rings is 1. The van der Waals surface area contributed by atoms with Crippen molar-refractivity contribution in [1.29, 1.82) is 0 Å². The first-order valence-corrected chi connectivity index (χ1v) is 6.62. The molecule has 0 fully saturated rings. The van der Waals surface area contributed by atoms with E-state index in [0.717, 1.165) is 18.2 Å². The summed E-state index contributed by atoms with van der Waals surface area (Å²) in [5.74, 6) is -0.733. The van der Waals surface area contributed by atoms with Gasteiger partial charge in [0.2, 0.25) is 5.82 Å². The highest BCUT2D eigenvalue weighted by atomic mass is 19.4. The van der Waals surface area contributed by atoms with E-state index in [1.165, 1.54) is 24.0 Å². The Morgan fingerprint density at radius 2 is 2.12 bits per heavy atom. The van der Waals surface area contributed by atoms with Crippen LogP contribution in [0, 0.1) is 0 Å². The number of nitrogens with zero attached hydrogens (tertiary/aromatic N) is 4. The molecule has 0 saturated carbocycles. The van der Waals surface area contributed by atoms with Gasteiger partial charge in [-0.25, -0.2) is 9.50 Å². The van der Waals surface area contributed by atoms with E-state index in [1.54, 1.807) is 6.07 Å². The summed E-state index contributed by atoms with van der Waals surface area (Å²) in [6, 6.07) is 4.36. The maximum absolute atomic E-state index is 12.8. The maximum atomic E-state index is 12.8. The van der Waals surface area contributed by atoms with Crippen molar-refractivity contribution in [1.82, 2.24) is 19.6 Å². The lowest BCUT2D eigenvalue weighted by Crippen LogP contribution is -2.15. The number of hydrogen-bond donors (Lipinski definition) is 1. The van der Waals surface area contributed by atoms with E-state index in [0.29, 0.717) is 0 Å². The first-order chi connectivity index (χ1) is 11.4. The van der Waals surface area contributed by atoms with E-state index in [1.807, 2.05) is 0 Å². The smallest absolute Gasteiger partial charge is 0.416 e. The van der Waals surface area contributed by atoms with Gasteiger partial charge >= 0.3 is 6.18 Å². The minimum absolute atomic E-state index is 0.0817. The third-order valence-corrected chi connectivity index (χ3v) is 3.09. The first kappa shape index (κ1) is 15.7. The Kier molecular flexibility index (Phi) is 3.80. The number of ether oxygens (including phenoxy) is 1. The zero-order chi connectivity index (χ0) is 17.3. The van der Waals surface area contributed by atoms with Crippen molar-refractivity contribution in [2.75, 3.05) is 12.4 Å². The molecule has 10 heteroatoms. The second-order valence-electron chi connectivity index (χ2n) is 4.67. The molecule has 0 saturated heterocycles. The van der Waals surface area contributed by atoms with Gasteiger partial charge in [0, 0.05) is 12.4 Å². The molecule has 0 unspecified atom stereocenters. The minimum atomic E-state index is -4.54. The molecule has 3 aromatic rings. The fraction of sp³-hybridized carbons (Fsp3) is 0.143. The molecule has 0 spiro atoms. The van der Waals surface area contributed by atoms with Gasteiger partial charge in [-0.3, -0.25) is 4.79 Å². The lowest BCUT2D eigenvalue weighted by molar-refractivity contribution is -0.137. The molecule has 24 heavy (non-hydrogen) atoms. The van der Waals surface area contributed by atoms with Crippen LogP contribution in [-0.2, 0) is 6.18 Å². The lowest BCUT2D eigenvalue weighted by atomic mass is 10.1. The second kappa shape index (κ2) is 5.80. The van der Waals surface area contributed by atoms with Gasteiger partial charge < -0.3 is 10.1 Å². The Bertz CT molecular complexity index is 874. The molecule has 0 aliphatic rings. The quantitative estimate of drug-likeness (QED) is 0.794. The van der Waals surface area contributed by atoms with Gasteiger partial charge in [0.1, 0.15) is 5.75 Å². The predicted molar refractivity (Wildman–Crippen MR) is 76.7 cm³/mol. The molecule has 1 aromatic carbocycles. The van der Waals surface area contributed by atoms with E-state index in [-0.39, 0.29) is 23.0 Å². The molecular weight excluding hydrogens is 327 g/mol. The molecule has 124 valence electrons. The van der Waals surface area contributed by atoms with Crippen molar-refractivity contribution in [2.45, 2.75) is 6.18 Å². The van der Waals surface area contributed by atoms with Crippen molar-refractivity contribution in [3.63, 3.8) is 0 Å². The molecular formula is C14H10F3N5O2. The van der Waals surface area contributed by atoms with Crippen molar-refractivity contribution < 1.29 is 22.7 Å². The van der Waals surface area contributed by atoms with Crippen LogP contribution in [0.3, 0.4) is 0 Å². The molecule has 0 aliphatic heterocycles. The Hall–Kier alpha value is -3.17. The topological polar surface area (TPSA) is 81.4 Å². The van der Waals surface area contributed by atoms with E-state index in [4.69, 9.17) is 4.74 Å². The maximum Gasteiger partial charge on any atom is 0.416 e. The summed E-state index contributed by atoms with van der Waals surface area (Å²) in [5.41, 5.74) is -1.05. The van der Waals surface area contributed by atoms with Gasteiger partial charge in [0.05, 0.1) is 18.4 Å². The number of alkyl halides is 3. The normalized spacial score (nSPS) is 11.5. The lowest BCUT2D eigenvalue weighted by Gasteiger charge is -2.12. The Labute approximate surface area is 133 Å². The zero-order valence-corrected chi connectivity index (χ0v) is 12.2. The fourth-order valence-electron chi connectivity index (χ4n) is 1.99. The van der Waals surface area contributed by atoms with Crippen LogP contribution in [0.15, 0.2) is 36.7 Å². The van der Waals surface area contributed by atoms with Crippen molar-refractivity contribution in [3.8, 4) is 5.75 Å². The third-order valence-electron chi connectivity index (χ3n) is 3.09. The highest BCUT2D eigenvalue weighted by Gasteiger charge is 2.31. The van der Waals surface area contributed by atoms with Gasteiger partial charge in [0.25, 0.3) is 11.7 Å². The molecule has 1 amide bonds. The van der Waals surface area contributed by atoms with Gasteiger partial charge in [-0.05, 0) is 24.3 Å². The number of carbonyl (C=O) groups is 1. The molecule has 3 rings (SSSR count). The van der Waals surface area contributed by atoms with Gasteiger partial charge in [-0.15, -0.1) is 5.10 Å². The largest absolute Gasteiger partial charge is 0.495 e. The number of amides is 1. The van der Waals surface area contributed by atoms with E-state index in [9.17, 15) is 18.0 Å². The molecule has 0 atom stereocenters. The Morgan fingerprint density at radius 3 is 2.79 bits per heavy atom. The SMILES string of the molecule is COc1ccc(C(F)(F)F)cc1NC(=O)c1nc2ncccn2n1. The van der Waals surface area contributed by atoms with Crippen LogP contribution >= 0.6 is 0 Å². The first-order valence-electron chi connectivity index (χ1n) is 6.62. The number of hydrogen-bond acceptors (Lipinski definition) is 5. The van der Waals surface area contributed by atoms with Crippen LogP contribution < -0.4 is 10.1 Å². The van der Waals surface area contributed by atoms with E-state index in [2.05, 4.69) is 20.4 Å². The van der Waals surface area contributed by atoms with Crippen LogP contribution in [0.2, 0.25) is 0 Å². The Balaban J connectivity index is 1.93. The van der Waals surface area contributed by atoms with Gasteiger partial charge in [0.15, 0.2) is 0 Å². The van der Waals surface area contributed by atoms with Crippen LogP contribution in [-0.4, -0.2) is 32.6 Å². The number of halogens is 3. The summed E-state index contributed by atoms with van der Waals surface area (Å²) in [7, 11) is 1.28. The number of fused-ring (bicyclic) bond motifs is 1. The van der Waals surface area contributed by atoms with Crippen LogP contribution in [0.25, 0.3) is 5.78 Å². The predicted octanol–water partition coefficient (Wildman–Crippen LogP) is 2.40. The summed E-state index contributed by atoms with van der Waals surface area (Å²) in [6.07, 6.45) is -1.53. The van der Waals surface area contributed by atoms with Crippen LogP contribution in [0.4, 0.5) is 18.9 Å². The molecule has 1 N–H and O–H groups in total. The van der Waals surface area contributed by atoms with Crippen molar-refractivity contribution in [2.24, 2.45) is 0 Å². The van der Waals surface area contributed by atoms with Gasteiger partial charge in [-0.2, -0.15) is 18.2 Å². The van der Waals surface area contributed by atoms with E-state index < -0.39 is 17.6 Å². The average molecular weight is 337 g/mol. The fourth-order valence-corrected chi connectivity index (χ4v) is 1.99. The second-order valence-corrected chi connectivity index (χ2v) is 4.67. The summed E-state index contributed by atoms with van der Waals surface area (Å²) >= 11 is 0. The van der Waals surface area contributed by atoms with Crippen molar-refractivity contribution >= 4 is 17.4 Å². The number of methoxy groups -OCH3 is 1. The number of aromatic nitrogens is 4. The minimum Gasteiger partial charge on any atom is -0.495 e. The molecule has 2 heterocycles.